The van der Waals surface area contributed by atoms with Gasteiger partial charge in [-0.15, -0.1) is 11.3 Å². The predicted octanol–water partition coefficient (Wildman–Crippen LogP) is 4.13. The molecule has 2 heterocycles. The zero-order valence-corrected chi connectivity index (χ0v) is 13.2. The van der Waals surface area contributed by atoms with Crippen molar-refractivity contribution >= 4 is 45.4 Å². The van der Waals surface area contributed by atoms with Crippen molar-refractivity contribution in [3.63, 3.8) is 0 Å². The number of fused-ring (bicyclic) bond motifs is 1. The molecule has 0 radical (unpaired) electrons. The highest BCUT2D eigenvalue weighted by atomic mass is 35.5. The van der Waals surface area contributed by atoms with E-state index in [0.29, 0.717) is 10.0 Å². The quantitative estimate of drug-likeness (QED) is 0.860. The Labute approximate surface area is 129 Å². The number of carbonyl (C=O) groups is 1. The number of nitrogens with zero attached hydrogens (tertiary/aromatic N) is 1. The Morgan fingerprint density at radius 1 is 1.60 bits per heavy atom. The number of halogens is 1. The van der Waals surface area contributed by atoms with Gasteiger partial charge in [-0.2, -0.15) is 0 Å². The molecule has 1 unspecified atom stereocenters. The first kappa shape index (κ1) is 13.9. The summed E-state index contributed by atoms with van der Waals surface area (Å²) >= 11 is 9.01. The van der Waals surface area contributed by atoms with Crippen LogP contribution in [0.15, 0.2) is 11.4 Å². The Kier molecular flexibility index (Phi) is 3.96. The van der Waals surface area contributed by atoms with Crippen molar-refractivity contribution in [1.82, 2.24) is 4.98 Å². The summed E-state index contributed by atoms with van der Waals surface area (Å²) < 4.78 is 4.69. The highest BCUT2D eigenvalue weighted by molar-refractivity contribution is 7.18. The van der Waals surface area contributed by atoms with Crippen LogP contribution in [-0.2, 0) is 11.2 Å². The minimum absolute atomic E-state index is 0.200. The lowest BCUT2D eigenvalue weighted by atomic mass is 9.94. The molecule has 0 saturated carbocycles. The number of thiophene rings is 1. The second-order valence-electron chi connectivity index (χ2n) is 4.52. The molecule has 3 rings (SSSR count). The number of hydrogen-bond donors (Lipinski definition) is 1. The average molecular weight is 329 g/mol. The number of thiazole rings is 1. The molecule has 0 fully saturated rings. The van der Waals surface area contributed by atoms with Crippen molar-refractivity contribution < 1.29 is 9.53 Å². The second-order valence-corrected chi connectivity index (χ2v) is 6.88. The Bertz CT molecular complexity index is 638. The number of carbonyl (C=O) groups excluding carboxylic acids is 1. The standard InChI is InChI=1S/C13H13ClN2O2S2/c1-18-12(17)10-11(14)16-13(20-10)15-8-3-2-4-9-7(8)5-6-19-9/h5-6,8H,2-4H2,1H3,(H,15,16). The number of esters is 1. The number of aryl methyl sites for hydroxylation is 1. The van der Waals surface area contributed by atoms with E-state index in [1.807, 2.05) is 0 Å². The van der Waals surface area contributed by atoms with Crippen LogP contribution in [0.5, 0.6) is 0 Å². The monoisotopic (exact) mass is 328 g/mol. The van der Waals surface area contributed by atoms with E-state index in [4.69, 9.17) is 11.6 Å². The van der Waals surface area contributed by atoms with E-state index >= 15 is 0 Å². The SMILES string of the molecule is COC(=O)c1sc(NC2CCCc3sccc32)nc1Cl. The van der Waals surface area contributed by atoms with Gasteiger partial charge in [-0.1, -0.05) is 22.9 Å². The average Bonchev–Trinajstić information content (AvgIpc) is 3.05. The number of hydrogen-bond acceptors (Lipinski definition) is 6. The molecule has 1 aliphatic rings. The molecule has 7 heteroatoms. The van der Waals surface area contributed by atoms with Gasteiger partial charge in [0.05, 0.1) is 13.2 Å². The molecular weight excluding hydrogens is 316 g/mol. The van der Waals surface area contributed by atoms with Gasteiger partial charge in [-0.3, -0.25) is 0 Å². The van der Waals surface area contributed by atoms with E-state index in [2.05, 4.69) is 26.5 Å². The van der Waals surface area contributed by atoms with Crippen LogP contribution in [0.4, 0.5) is 5.13 Å². The summed E-state index contributed by atoms with van der Waals surface area (Å²) in [4.78, 5) is 17.5. The van der Waals surface area contributed by atoms with E-state index in [9.17, 15) is 4.79 Å². The number of nitrogens with one attached hydrogen (secondary N) is 1. The van der Waals surface area contributed by atoms with Gasteiger partial charge < -0.3 is 10.1 Å². The number of ether oxygens (including phenoxy) is 1. The van der Waals surface area contributed by atoms with Crippen molar-refractivity contribution in [3.05, 3.63) is 31.9 Å². The van der Waals surface area contributed by atoms with Gasteiger partial charge in [0.15, 0.2) is 15.2 Å². The van der Waals surface area contributed by atoms with Crippen LogP contribution in [-0.4, -0.2) is 18.1 Å². The molecule has 20 heavy (non-hydrogen) atoms. The van der Waals surface area contributed by atoms with E-state index in [-0.39, 0.29) is 11.2 Å². The first-order chi connectivity index (χ1) is 9.69. The molecule has 0 spiro atoms. The molecule has 0 aromatic carbocycles. The molecule has 0 aliphatic heterocycles. The minimum atomic E-state index is -0.444. The maximum atomic E-state index is 11.5. The summed E-state index contributed by atoms with van der Waals surface area (Å²) in [5.74, 6) is -0.444. The van der Waals surface area contributed by atoms with Crippen LogP contribution >= 0.6 is 34.3 Å². The third-order valence-electron chi connectivity index (χ3n) is 3.31. The Hall–Kier alpha value is -1.11. The number of anilines is 1. The fourth-order valence-corrected chi connectivity index (χ4v) is 4.51. The third kappa shape index (κ3) is 2.55. The summed E-state index contributed by atoms with van der Waals surface area (Å²) in [6.07, 6.45) is 3.37. The topological polar surface area (TPSA) is 51.2 Å². The van der Waals surface area contributed by atoms with Gasteiger partial charge >= 0.3 is 5.97 Å². The lowest BCUT2D eigenvalue weighted by Gasteiger charge is -2.23. The molecule has 2 aromatic rings. The summed E-state index contributed by atoms with van der Waals surface area (Å²) in [7, 11) is 1.34. The van der Waals surface area contributed by atoms with E-state index < -0.39 is 5.97 Å². The first-order valence-electron chi connectivity index (χ1n) is 6.26. The lowest BCUT2D eigenvalue weighted by Crippen LogP contribution is -2.15. The molecule has 1 aliphatic carbocycles. The van der Waals surface area contributed by atoms with Crippen molar-refractivity contribution in [2.75, 3.05) is 12.4 Å². The molecule has 2 aromatic heterocycles. The highest BCUT2D eigenvalue weighted by Crippen LogP contribution is 2.37. The van der Waals surface area contributed by atoms with Gasteiger partial charge in [-0.25, -0.2) is 9.78 Å². The Morgan fingerprint density at radius 3 is 3.25 bits per heavy atom. The Balaban J connectivity index is 1.81. The zero-order chi connectivity index (χ0) is 14.1. The van der Waals surface area contributed by atoms with Crippen LogP contribution in [0.1, 0.15) is 39.0 Å². The van der Waals surface area contributed by atoms with Crippen LogP contribution < -0.4 is 5.32 Å². The Morgan fingerprint density at radius 2 is 2.45 bits per heavy atom. The molecule has 0 saturated heterocycles. The van der Waals surface area contributed by atoms with Crippen LogP contribution in [0.25, 0.3) is 0 Å². The molecule has 4 nitrogen and oxygen atoms in total. The normalized spacial score (nSPS) is 17.6. The lowest BCUT2D eigenvalue weighted by molar-refractivity contribution is 0.0606. The molecular formula is C13H13ClN2O2S2. The highest BCUT2D eigenvalue weighted by Gasteiger charge is 2.24. The molecule has 1 atom stereocenters. The van der Waals surface area contributed by atoms with Crippen molar-refractivity contribution in [3.8, 4) is 0 Å². The predicted molar refractivity (Wildman–Crippen MR) is 82.1 cm³/mol. The van der Waals surface area contributed by atoms with E-state index in [0.717, 1.165) is 19.3 Å². The fourth-order valence-electron chi connectivity index (χ4n) is 2.37. The molecule has 0 amide bonds. The van der Waals surface area contributed by atoms with Crippen molar-refractivity contribution in [1.29, 1.82) is 0 Å². The van der Waals surface area contributed by atoms with Crippen molar-refractivity contribution in [2.24, 2.45) is 0 Å². The fraction of sp³-hybridized carbons (Fsp3) is 0.385. The van der Waals surface area contributed by atoms with E-state index in [1.165, 1.54) is 28.9 Å². The maximum absolute atomic E-state index is 11.5. The molecule has 106 valence electrons. The summed E-state index contributed by atoms with van der Waals surface area (Å²) in [5.41, 5.74) is 1.34. The van der Waals surface area contributed by atoms with Gasteiger partial charge in [0.2, 0.25) is 0 Å². The first-order valence-corrected chi connectivity index (χ1v) is 8.34. The smallest absolute Gasteiger partial charge is 0.351 e. The molecule has 0 bridgehead atoms. The van der Waals surface area contributed by atoms with Gasteiger partial charge in [-0.05, 0) is 36.3 Å². The summed E-state index contributed by atoms with van der Waals surface area (Å²) in [6, 6.07) is 2.41. The maximum Gasteiger partial charge on any atom is 0.351 e. The van der Waals surface area contributed by atoms with Gasteiger partial charge in [0.1, 0.15) is 0 Å². The largest absolute Gasteiger partial charge is 0.465 e. The number of methoxy groups -OCH3 is 1. The third-order valence-corrected chi connectivity index (χ3v) is 5.65. The number of rotatable bonds is 3. The minimum Gasteiger partial charge on any atom is -0.465 e. The molecule has 1 N–H and O–H groups in total. The zero-order valence-electron chi connectivity index (χ0n) is 10.8. The van der Waals surface area contributed by atoms with Crippen LogP contribution in [0.3, 0.4) is 0 Å². The summed E-state index contributed by atoms with van der Waals surface area (Å²) in [6.45, 7) is 0. The van der Waals surface area contributed by atoms with Crippen molar-refractivity contribution in [2.45, 2.75) is 25.3 Å². The van der Waals surface area contributed by atoms with Crippen LogP contribution in [0.2, 0.25) is 5.15 Å². The second kappa shape index (κ2) is 5.71. The van der Waals surface area contributed by atoms with Gasteiger partial charge in [0, 0.05) is 4.88 Å². The van der Waals surface area contributed by atoms with E-state index in [1.54, 1.807) is 11.3 Å². The summed E-state index contributed by atoms with van der Waals surface area (Å²) in [5, 5.41) is 6.38. The van der Waals surface area contributed by atoms with Gasteiger partial charge in [0.25, 0.3) is 0 Å². The van der Waals surface area contributed by atoms with Crippen LogP contribution in [0, 0.1) is 0 Å². The number of aromatic nitrogens is 1.